The highest BCUT2D eigenvalue weighted by atomic mass is 16.5. The van der Waals surface area contributed by atoms with Crippen LogP contribution in [0.1, 0.15) is 19.3 Å². The van der Waals surface area contributed by atoms with E-state index in [9.17, 15) is 0 Å². The van der Waals surface area contributed by atoms with E-state index in [2.05, 4.69) is 36.3 Å². The molecule has 2 heterocycles. The van der Waals surface area contributed by atoms with Crippen molar-refractivity contribution in [2.75, 3.05) is 54.0 Å². The minimum atomic E-state index is 0.591. The number of piperidine rings is 1. The van der Waals surface area contributed by atoms with Crippen LogP contribution < -0.4 is 5.32 Å². The summed E-state index contributed by atoms with van der Waals surface area (Å²) in [5, 5.41) is 3.50. The minimum absolute atomic E-state index is 0.591. The van der Waals surface area contributed by atoms with E-state index in [4.69, 9.17) is 4.74 Å². The molecule has 0 saturated carbocycles. The van der Waals surface area contributed by atoms with Crippen molar-refractivity contribution < 1.29 is 4.74 Å². The number of nitrogens with zero attached hydrogens (tertiary/aromatic N) is 2. The molecule has 0 spiro atoms. The first-order valence-corrected chi connectivity index (χ1v) is 7.34. The molecule has 106 valence electrons. The van der Waals surface area contributed by atoms with E-state index in [-0.39, 0.29) is 0 Å². The van der Waals surface area contributed by atoms with Gasteiger partial charge in [-0.1, -0.05) is 0 Å². The molecule has 2 saturated heterocycles. The largest absolute Gasteiger partial charge is 0.381 e. The Balaban J connectivity index is 1.82. The highest BCUT2D eigenvalue weighted by Gasteiger charge is 2.28. The highest BCUT2D eigenvalue weighted by molar-refractivity contribution is 4.85. The van der Waals surface area contributed by atoms with E-state index in [0.717, 1.165) is 19.3 Å². The van der Waals surface area contributed by atoms with Gasteiger partial charge in [0.2, 0.25) is 0 Å². The zero-order chi connectivity index (χ0) is 13.0. The van der Waals surface area contributed by atoms with Crippen molar-refractivity contribution in [1.29, 1.82) is 0 Å². The van der Waals surface area contributed by atoms with Crippen molar-refractivity contribution in [1.82, 2.24) is 15.1 Å². The average Bonchev–Trinajstić information content (AvgIpc) is 2.90. The van der Waals surface area contributed by atoms with Gasteiger partial charge in [-0.15, -0.1) is 0 Å². The molecular formula is C14H29N3O. The third-order valence-corrected chi connectivity index (χ3v) is 4.57. The molecule has 0 bridgehead atoms. The second-order valence-corrected chi connectivity index (χ2v) is 6.04. The van der Waals surface area contributed by atoms with Crippen LogP contribution in [0.3, 0.4) is 0 Å². The third kappa shape index (κ3) is 3.67. The van der Waals surface area contributed by atoms with Crippen molar-refractivity contribution in [3.8, 4) is 0 Å². The fraction of sp³-hybridized carbons (Fsp3) is 1.00. The number of hydrogen-bond donors (Lipinski definition) is 1. The molecule has 4 heteroatoms. The third-order valence-electron chi connectivity index (χ3n) is 4.57. The number of ether oxygens (including phenoxy) is 1. The molecule has 2 fully saturated rings. The lowest BCUT2D eigenvalue weighted by molar-refractivity contribution is 0.111. The van der Waals surface area contributed by atoms with Gasteiger partial charge in [-0.2, -0.15) is 0 Å². The Bertz CT molecular complexity index is 241. The molecule has 18 heavy (non-hydrogen) atoms. The maximum absolute atomic E-state index is 5.52. The summed E-state index contributed by atoms with van der Waals surface area (Å²) >= 11 is 0. The quantitative estimate of drug-likeness (QED) is 0.780. The van der Waals surface area contributed by atoms with E-state index >= 15 is 0 Å². The van der Waals surface area contributed by atoms with Gasteiger partial charge in [0, 0.05) is 37.7 Å². The second-order valence-electron chi connectivity index (χ2n) is 6.04. The van der Waals surface area contributed by atoms with Gasteiger partial charge < -0.3 is 19.9 Å². The smallest absolute Gasteiger partial charge is 0.0510 e. The number of likely N-dealkylation sites (tertiary alicyclic amines) is 1. The van der Waals surface area contributed by atoms with Crippen LogP contribution in [0.4, 0.5) is 0 Å². The molecule has 0 aromatic rings. The van der Waals surface area contributed by atoms with E-state index in [1.165, 1.54) is 38.9 Å². The number of rotatable bonds is 5. The number of hydrogen-bond acceptors (Lipinski definition) is 4. The van der Waals surface area contributed by atoms with Gasteiger partial charge in [-0.05, 0) is 47.0 Å². The molecule has 2 aliphatic heterocycles. The topological polar surface area (TPSA) is 27.7 Å². The molecule has 4 nitrogen and oxygen atoms in total. The molecular weight excluding hydrogens is 226 g/mol. The van der Waals surface area contributed by atoms with Gasteiger partial charge in [0.25, 0.3) is 0 Å². The molecule has 0 radical (unpaired) electrons. The molecule has 0 aliphatic carbocycles. The minimum Gasteiger partial charge on any atom is -0.381 e. The zero-order valence-electron chi connectivity index (χ0n) is 12.2. The predicted octanol–water partition coefficient (Wildman–Crippen LogP) is 0.637. The van der Waals surface area contributed by atoms with E-state index in [1.807, 2.05) is 0 Å². The van der Waals surface area contributed by atoms with Crippen molar-refractivity contribution in [2.24, 2.45) is 5.92 Å². The lowest BCUT2D eigenvalue weighted by Gasteiger charge is -2.38. The van der Waals surface area contributed by atoms with Crippen molar-refractivity contribution in [3.63, 3.8) is 0 Å². The van der Waals surface area contributed by atoms with Crippen molar-refractivity contribution >= 4 is 0 Å². The summed E-state index contributed by atoms with van der Waals surface area (Å²) in [7, 11) is 6.50. The first-order chi connectivity index (χ1) is 8.70. The molecule has 0 aromatic heterocycles. The van der Waals surface area contributed by atoms with E-state index in [0.29, 0.717) is 12.0 Å². The van der Waals surface area contributed by atoms with Crippen molar-refractivity contribution in [2.45, 2.75) is 31.3 Å². The monoisotopic (exact) mass is 255 g/mol. The van der Waals surface area contributed by atoms with Gasteiger partial charge >= 0.3 is 0 Å². The maximum Gasteiger partial charge on any atom is 0.0510 e. The van der Waals surface area contributed by atoms with Crippen LogP contribution in [0.2, 0.25) is 0 Å². The fourth-order valence-electron chi connectivity index (χ4n) is 3.24. The lowest BCUT2D eigenvalue weighted by Crippen LogP contribution is -2.51. The summed E-state index contributed by atoms with van der Waals surface area (Å²) < 4.78 is 5.52. The molecule has 2 aliphatic rings. The lowest BCUT2D eigenvalue weighted by atomic mass is 9.97. The van der Waals surface area contributed by atoms with Gasteiger partial charge in [0.05, 0.1) is 6.61 Å². The Morgan fingerprint density at radius 2 is 2.22 bits per heavy atom. The van der Waals surface area contributed by atoms with Crippen LogP contribution in [0.25, 0.3) is 0 Å². The van der Waals surface area contributed by atoms with Crippen LogP contribution in [-0.2, 0) is 4.74 Å². The molecule has 2 rings (SSSR count). The van der Waals surface area contributed by atoms with Gasteiger partial charge in [-0.25, -0.2) is 0 Å². The molecule has 0 amide bonds. The van der Waals surface area contributed by atoms with Crippen LogP contribution >= 0.6 is 0 Å². The predicted molar refractivity (Wildman–Crippen MR) is 74.9 cm³/mol. The Morgan fingerprint density at radius 3 is 2.83 bits per heavy atom. The van der Waals surface area contributed by atoms with Crippen LogP contribution in [0.15, 0.2) is 0 Å². The second kappa shape index (κ2) is 6.85. The van der Waals surface area contributed by atoms with Gasteiger partial charge in [-0.3, -0.25) is 0 Å². The summed E-state index contributed by atoms with van der Waals surface area (Å²) in [6.07, 6.45) is 3.90. The summed E-state index contributed by atoms with van der Waals surface area (Å²) in [5.74, 6) is 0.703. The van der Waals surface area contributed by atoms with Crippen molar-refractivity contribution in [3.05, 3.63) is 0 Å². The molecule has 1 N–H and O–H groups in total. The Hall–Kier alpha value is -0.160. The van der Waals surface area contributed by atoms with Gasteiger partial charge in [0.15, 0.2) is 0 Å². The van der Waals surface area contributed by atoms with E-state index in [1.54, 1.807) is 0 Å². The Kier molecular flexibility index (Phi) is 5.42. The summed E-state index contributed by atoms with van der Waals surface area (Å²) in [5.41, 5.74) is 0. The van der Waals surface area contributed by atoms with Crippen LogP contribution in [-0.4, -0.2) is 75.9 Å². The van der Waals surface area contributed by atoms with Crippen LogP contribution in [0, 0.1) is 5.92 Å². The number of nitrogens with one attached hydrogen (secondary N) is 1. The first-order valence-electron chi connectivity index (χ1n) is 7.34. The summed E-state index contributed by atoms with van der Waals surface area (Å²) in [4.78, 5) is 5.01. The Labute approximate surface area is 112 Å². The van der Waals surface area contributed by atoms with E-state index < -0.39 is 0 Å². The van der Waals surface area contributed by atoms with Gasteiger partial charge in [0.1, 0.15) is 0 Å². The summed E-state index contributed by atoms with van der Waals surface area (Å²) in [6.45, 7) is 5.54. The molecule has 3 atom stereocenters. The normalized spacial score (nSPS) is 32.0. The molecule has 3 unspecified atom stereocenters. The standard InChI is InChI=1S/C14H29N3O/c1-15-14(12-6-8-18-11-12)10-17-7-4-5-13(9-17)16(2)3/h12-15H,4-11H2,1-3H3. The fourth-order valence-corrected chi connectivity index (χ4v) is 3.24. The SMILES string of the molecule is CNC(CN1CCCC(N(C)C)C1)C1CCOC1. The molecule has 0 aromatic carbocycles. The number of likely N-dealkylation sites (N-methyl/N-ethyl adjacent to an activating group) is 2. The van der Waals surface area contributed by atoms with Crippen LogP contribution in [0.5, 0.6) is 0 Å². The summed E-state index contributed by atoms with van der Waals surface area (Å²) in [6, 6.07) is 1.32. The highest BCUT2D eigenvalue weighted by Crippen LogP contribution is 2.20. The first kappa shape index (κ1) is 14.3. The zero-order valence-corrected chi connectivity index (χ0v) is 12.2. The average molecular weight is 255 g/mol. The maximum atomic E-state index is 5.52. The Morgan fingerprint density at radius 1 is 1.39 bits per heavy atom.